The lowest BCUT2D eigenvalue weighted by Crippen LogP contribution is -2.37. The Morgan fingerprint density at radius 2 is 2.00 bits per heavy atom. The van der Waals surface area contributed by atoms with Crippen LogP contribution in [0, 0.1) is 0 Å². The van der Waals surface area contributed by atoms with Gasteiger partial charge in [0.15, 0.2) is 0 Å². The molecule has 6 nitrogen and oxygen atoms in total. The quantitative estimate of drug-likeness (QED) is 0.501. The average molecular weight is 407 g/mol. The predicted molar refractivity (Wildman–Crippen MR) is 113 cm³/mol. The number of methoxy groups -OCH3 is 1. The minimum atomic E-state index is -0.0620. The Morgan fingerprint density at radius 1 is 1.14 bits per heavy atom. The molecule has 1 aliphatic rings. The molecule has 0 amide bonds. The molecular weight excluding hydrogens is 384 g/mol. The molecule has 1 atom stereocenters. The maximum atomic E-state index is 6.05. The van der Waals surface area contributed by atoms with Gasteiger partial charge in [-0.1, -0.05) is 29.5 Å². The third-order valence-corrected chi connectivity index (χ3v) is 6.14. The van der Waals surface area contributed by atoms with Gasteiger partial charge < -0.3 is 9.47 Å². The number of hydrogen-bond donors (Lipinski definition) is 0. The van der Waals surface area contributed by atoms with Crippen LogP contribution in [0.25, 0.3) is 16.6 Å². The lowest BCUT2D eigenvalue weighted by atomic mass is 10.1. The summed E-state index contributed by atoms with van der Waals surface area (Å²) in [5.41, 5.74) is 4.09. The van der Waals surface area contributed by atoms with Gasteiger partial charge in [0, 0.05) is 36.3 Å². The average Bonchev–Trinajstić information content (AvgIpc) is 3.43. The van der Waals surface area contributed by atoms with Gasteiger partial charge in [-0.3, -0.25) is 4.90 Å². The fraction of sp³-hybridized carbons (Fsp3) is 0.273. The summed E-state index contributed by atoms with van der Waals surface area (Å²) >= 11 is 1.80. The molecule has 7 heteroatoms. The van der Waals surface area contributed by atoms with Gasteiger partial charge in [-0.15, -0.1) is 16.4 Å². The number of nitrogens with zero attached hydrogens (tertiary/aromatic N) is 4. The molecule has 0 saturated carbocycles. The summed E-state index contributed by atoms with van der Waals surface area (Å²) in [5.74, 6) is 0.847. The van der Waals surface area contributed by atoms with Crippen LogP contribution in [0.3, 0.4) is 0 Å². The Kier molecular flexibility index (Phi) is 5.01. The van der Waals surface area contributed by atoms with Crippen molar-refractivity contribution in [2.75, 3.05) is 26.8 Å². The Labute approximate surface area is 173 Å². The second-order valence-corrected chi connectivity index (χ2v) is 8.16. The summed E-state index contributed by atoms with van der Waals surface area (Å²) in [6.45, 7) is 3.43. The lowest BCUT2D eigenvalue weighted by molar-refractivity contribution is -0.0340. The van der Waals surface area contributed by atoms with E-state index in [-0.39, 0.29) is 6.10 Å². The Morgan fingerprint density at radius 3 is 2.79 bits per heavy atom. The Balaban J connectivity index is 1.37. The van der Waals surface area contributed by atoms with Crippen molar-refractivity contribution in [2.24, 2.45) is 0 Å². The molecule has 1 fully saturated rings. The molecule has 0 radical (unpaired) electrons. The zero-order valence-electron chi connectivity index (χ0n) is 16.2. The highest BCUT2D eigenvalue weighted by Crippen LogP contribution is 2.28. The molecule has 0 bridgehead atoms. The van der Waals surface area contributed by atoms with Gasteiger partial charge in [0.05, 0.1) is 19.2 Å². The standard InChI is InChI=1S/C22H22N4O2S/c1-27-18-7-4-16(5-8-18)17-6-9-20-22(23-24-26(20)13-17)21-15-25(10-11-28-21)14-19-3-2-12-29-19/h2-9,12-13,21H,10-11,14-15H2,1H3/t21-/m0/s1. The van der Waals surface area contributed by atoms with Crippen LogP contribution in [0.1, 0.15) is 16.7 Å². The fourth-order valence-corrected chi connectivity index (χ4v) is 4.48. The molecule has 148 valence electrons. The van der Waals surface area contributed by atoms with Gasteiger partial charge in [0.25, 0.3) is 0 Å². The monoisotopic (exact) mass is 406 g/mol. The van der Waals surface area contributed by atoms with E-state index in [1.165, 1.54) is 4.88 Å². The van der Waals surface area contributed by atoms with Crippen molar-refractivity contribution in [3.05, 3.63) is 70.7 Å². The molecule has 0 spiro atoms. The van der Waals surface area contributed by atoms with Crippen LogP contribution in [-0.2, 0) is 11.3 Å². The highest BCUT2D eigenvalue weighted by Gasteiger charge is 2.26. The molecule has 5 rings (SSSR count). The van der Waals surface area contributed by atoms with Crippen molar-refractivity contribution in [3.8, 4) is 16.9 Å². The molecule has 1 saturated heterocycles. The first-order valence-corrected chi connectivity index (χ1v) is 10.5. The molecular formula is C22H22N4O2S. The molecule has 4 heterocycles. The summed E-state index contributed by atoms with van der Waals surface area (Å²) < 4.78 is 13.1. The van der Waals surface area contributed by atoms with Crippen LogP contribution in [0.15, 0.2) is 60.1 Å². The maximum Gasteiger partial charge on any atom is 0.121 e. The van der Waals surface area contributed by atoms with E-state index in [0.29, 0.717) is 6.61 Å². The number of fused-ring (bicyclic) bond motifs is 1. The first-order chi connectivity index (χ1) is 14.3. The minimum Gasteiger partial charge on any atom is -0.497 e. The van der Waals surface area contributed by atoms with Crippen molar-refractivity contribution in [1.29, 1.82) is 0 Å². The zero-order chi connectivity index (χ0) is 19.6. The number of rotatable bonds is 5. The number of hydrogen-bond acceptors (Lipinski definition) is 6. The SMILES string of the molecule is COc1ccc(-c2ccc3c([C@@H]4CN(Cc5cccs5)CCO4)nnn3c2)cc1. The summed E-state index contributed by atoms with van der Waals surface area (Å²) in [7, 11) is 1.67. The van der Waals surface area contributed by atoms with Gasteiger partial charge in [0.2, 0.25) is 0 Å². The molecule has 3 aromatic heterocycles. The van der Waals surface area contributed by atoms with E-state index >= 15 is 0 Å². The van der Waals surface area contributed by atoms with Crippen molar-refractivity contribution in [1.82, 2.24) is 19.7 Å². The number of morpholine rings is 1. The van der Waals surface area contributed by atoms with E-state index in [2.05, 4.69) is 44.9 Å². The molecule has 0 unspecified atom stereocenters. The molecule has 1 aromatic carbocycles. The first-order valence-electron chi connectivity index (χ1n) is 9.66. The fourth-order valence-electron chi connectivity index (χ4n) is 3.73. The van der Waals surface area contributed by atoms with Gasteiger partial charge >= 0.3 is 0 Å². The molecule has 0 N–H and O–H groups in total. The van der Waals surface area contributed by atoms with Crippen LogP contribution in [-0.4, -0.2) is 46.5 Å². The summed E-state index contributed by atoms with van der Waals surface area (Å²) in [4.78, 5) is 3.80. The highest BCUT2D eigenvalue weighted by atomic mass is 32.1. The highest BCUT2D eigenvalue weighted by molar-refractivity contribution is 7.09. The largest absolute Gasteiger partial charge is 0.497 e. The second-order valence-electron chi connectivity index (χ2n) is 7.12. The van der Waals surface area contributed by atoms with Crippen molar-refractivity contribution in [3.63, 3.8) is 0 Å². The topological polar surface area (TPSA) is 51.9 Å². The molecule has 29 heavy (non-hydrogen) atoms. The lowest BCUT2D eigenvalue weighted by Gasteiger charge is -2.31. The number of benzene rings is 1. The van der Waals surface area contributed by atoms with E-state index in [0.717, 1.165) is 47.7 Å². The van der Waals surface area contributed by atoms with Crippen LogP contribution < -0.4 is 4.74 Å². The van der Waals surface area contributed by atoms with E-state index in [9.17, 15) is 0 Å². The molecule has 4 aromatic rings. The maximum absolute atomic E-state index is 6.05. The number of ether oxygens (including phenoxy) is 2. The van der Waals surface area contributed by atoms with Crippen LogP contribution in [0.2, 0.25) is 0 Å². The summed E-state index contributed by atoms with van der Waals surface area (Å²) in [6.07, 6.45) is 1.95. The van der Waals surface area contributed by atoms with Gasteiger partial charge in [-0.2, -0.15) is 0 Å². The van der Waals surface area contributed by atoms with E-state index in [4.69, 9.17) is 9.47 Å². The molecule has 1 aliphatic heterocycles. The summed E-state index contributed by atoms with van der Waals surface area (Å²) in [5, 5.41) is 10.9. The van der Waals surface area contributed by atoms with Crippen LogP contribution in [0.4, 0.5) is 0 Å². The predicted octanol–water partition coefficient (Wildman–Crippen LogP) is 4.04. The Bertz CT molecular complexity index is 1090. The zero-order valence-corrected chi connectivity index (χ0v) is 17.0. The van der Waals surface area contributed by atoms with Crippen molar-refractivity contribution in [2.45, 2.75) is 12.6 Å². The third kappa shape index (κ3) is 3.76. The van der Waals surface area contributed by atoms with Gasteiger partial charge in [0.1, 0.15) is 17.5 Å². The summed E-state index contributed by atoms with van der Waals surface area (Å²) in [6, 6.07) is 16.5. The van der Waals surface area contributed by atoms with Crippen molar-refractivity contribution < 1.29 is 9.47 Å². The van der Waals surface area contributed by atoms with E-state index in [1.54, 1.807) is 18.4 Å². The van der Waals surface area contributed by atoms with Crippen LogP contribution in [0.5, 0.6) is 5.75 Å². The second kappa shape index (κ2) is 7.94. The van der Waals surface area contributed by atoms with Gasteiger partial charge in [-0.25, -0.2) is 4.52 Å². The minimum absolute atomic E-state index is 0.0620. The Hall–Kier alpha value is -2.74. The van der Waals surface area contributed by atoms with Gasteiger partial charge in [-0.05, 0) is 35.2 Å². The normalized spacial score (nSPS) is 17.6. The number of pyridine rings is 1. The van der Waals surface area contributed by atoms with Crippen molar-refractivity contribution >= 4 is 16.9 Å². The molecule has 0 aliphatic carbocycles. The third-order valence-electron chi connectivity index (χ3n) is 5.28. The van der Waals surface area contributed by atoms with E-state index < -0.39 is 0 Å². The van der Waals surface area contributed by atoms with E-state index in [1.807, 2.05) is 35.0 Å². The van der Waals surface area contributed by atoms with Crippen LogP contribution >= 0.6 is 11.3 Å². The first kappa shape index (κ1) is 18.3. The number of aromatic nitrogens is 3. The number of thiophene rings is 1. The smallest absolute Gasteiger partial charge is 0.121 e.